The van der Waals surface area contributed by atoms with Gasteiger partial charge < -0.3 is 35.0 Å². The van der Waals surface area contributed by atoms with E-state index in [-0.39, 0.29) is 6.42 Å². The maximum absolute atomic E-state index is 10.4. The van der Waals surface area contributed by atoms with E-state index in [1.807, 2.05) is 0 Å². The Hall–Kier alpha value is -0.770. The summed E-state index contributed by atoms with van der Waals surface area (Å²) in [6.07, 6.45) is 0.521. The zero-order chi connectivity index (χ0) is 17.9. The van der Waals surface area contributed by atoms with Crippen molar-refractivity contribution < 1.29 is 39.8 Å². The fourth-order valence-electron chi connectivity index (χ4n) is 2.67. The second kappa shape index (κ2) is 11.7. The number of rotatable bonds is 12. The van der Waals surface area contributed by atoms with Gasteiger partial charge in [-0.1, -0.05) is 32.1 Å². The minimum Gasteiger partial charge on any atom is -0.481 e. The molecule has 1 aliphatic heterocycles. The van der Waals surface area contributed by atoms with Gasteiger partial charge in [0.1, 0.15) is 24.4 Å². The molecule has 142 valence electrons. The number of carboxylic acid groups (broad SMARTS) is 1. The average molecular weight is 350 g/mol. The third-order valence-electron chi connectivity index (χ3n) is 4.17. The van der Waals surface area contributed by atoms with Crippen molar-refractivity contribution in [2.75, 3.05) is 13.2 Å². The van der Waals surface area contributed by atoms with Gasteiger partial charge >= 0.3 is 5.97 Å². The van der Waals surface area contributed by atoms with Crippen molar-refractivity contribution in [3.63, 3.8) is 0 Å². The molecule has 8 heteroatoms. The highest BCUT2D eigenvalue weighted by Crippen LogP contribution is 2.22. The van der Waals surface area contributed by atoms with Crippen LogP contribution >= 0.6 is 0 Å². The monoisotopic (exact) mass is 350 g/mol. The van der Waals surface area contributed by atoms with Crippen LogP contribution in [-0.2, 0) is 14.3 Å². The number of aliphatic hydroxyl groups is 4. The van der Waals surface area contributed by atoms with E-state index in [1.54, 1.807) is 0 Å². The van der Waals surface area contributed by atoms with Gasteiger partial charge in [-0.2, -0.15) is 0 Å². The van der Waals surface area contributed by atoms with E-state index in [0.29, 0.717) is 6.61 Å². The molecule has 0 aliphatic carbocycles. The number of carbonyl (C=O) groups is 1. The molecule has 24 heavy (non-hydrogen) atoms. The van der Waals surface area contributed by atoms with Crippen LogP contribution in [0, 0.1) is 0 Å². The van der Waals surface area contributed by atoms with Gasteiger partial charge in [0, 0.05) is 13.0 Å². The SMILES string of the molecule is O=C(O)CCCCCCCCCO[C@@H]1O[C@H](CO)[C@@H](O)[C@H](O)[C@H]1O. The Bertz CT molecular complexity index is 349. The largest absolute Gasteiger partial charge is 0.481 e. The van der Waals surface area contributed by atoms with Gasteiger partial charge in [-0.25, -0.2) is 0 Å². The van der Waals surface area contributed by atoms with Gasteiger partial charge in [0.2, 0.25) is 0 Å². The molecular formula is C16H30O8. The van der Waals surface area contributed by atoms with Crippen LogP contribution in [0.3, 0.4) is 0 Å². The standard InChI is InChI=1S/C16H30O8/c17-10-11-13(20)14(21)15(22)16(24-11)23-9-7-5-3-1-2-4-6-8-12(18)19/h11,13-17,20-22H,1-10H2,(H,18,19)/t11-,13-,14+,15-,16-/m1/s1. The van der Waals surface area contributed by atoms with Crippen molar-refractivity contribution >= 4 is 5.97 Å². The summed E-state index contributed by atoms with van der Waals surface area (Å²) in [6, 6.07) is 0. The van der Waals surface area contributed by atoms with Crippen LogP contribution in [0.5, 0.6) is 0 Å². The molecule has 5 atom stereocenters. The van der Waals surface area contributed by atoms with Gasteiger partial charge in [0.25, 0.3) is 0 Å². The topological polar surface area (TPSA) is 137 Å². The van der Waals surface area contributed by atoms with Crippen LogP contribution in [0.1, 0.15) is 51.4 Å². The Morgan fingerprint density at radius 1 is 0.875 bits per heavy atom. The maximum Gasteiger partial charge on any atom is 0.303 e. The molecule has 0 aromatic rings. The van der Waals surface area contributed by atoms with Crippen molar-refractivity contribution in [3.05, 3.63) is 0 Å². The highest BCUT2D eigenvalue weighted by Gasteiger charge is 2.43. The number of hydrogen-bond acceptors (Lipinski definition) is 7. The normalized spacial score (nSPS) is 30.4. The van der Waals surface area contributed by atoms with E-state index in [4.69, 9.17) is 19.7 Å². The second-order valence-corrected chi connectivity index (χ2v) is 6.19. The Labute approximate surface area is 142 Å². The van der Waals surface area contributed by atoms with Crippen molar-refractivity contribution in [1.82, 2.24) is 0 Å². The van der Waals surface area contributed by atoms with Gasteiger partial charge in [-0.15, -0.1) is 0 Å². The molecule has 5 N–H and O–H groups in total. The smallest absolute Gasteiger partial charge is 0.303 e. The summed E-state index contributed by atoms with van der Waals surface area (Å²) in [6.45, 7) is -0.117. The molecule has 0 amide bonds. The van der Waals surface area contributed by atoms with Crippen molar-refractivity contribution in [2.24, 2.45) is 0 Å². The Morgan fingerprint density at radius 2 is 1.46 bits per heavy atom. The fraction of sp³-hybridized carbons (Fsp3) is 0.938. The average Bonchev–Trinajstić information content (AvgIpc) is 2.56. The van der Waals surface area contributed by atoms with Gasteiger partial charge in [0.05, 0.1) is 6.61 Å². The summed E-state index contributed by atoms with van der Waals surface area (Å²) in [5.41, 5.74) is 0. The lowest BCUT2D eigenvalue weighted by atomic mass is 9.99. The molecule has 0 spiro atoms. The quantitative estimate of drug-likeness (QED) is 0.310. The highest BCUT2D eigenvalue weighted by atomic mass is 16.7. The summed E-state index contributed by atoms with van der Waals surface area (Å²) in [5, 5.41) is 46.7. The summed E-state index contributed by atoms with van der Waals surface area (Å²) in [7, 11) is 0. The molecule has 0 saturated carbocycles. The molecule has 1 fully saturated rings. The molecule has 0 unspecified atom stereocenters. The van der Waals surface area contributed by atoms with E-state index >= 15 is 0 Å². The van der Waals surface area contributed by atoms with Crippen molar-refractivity contribution in [2.45, 2.75) is 82.1 Å². The number of aliphatic hydroxyl groups excluding tert-OH is 4. The number of unbranched alkanes of at least 4 members (excludes halogenated alkanes) is 6. The van der Waals surface area contributed by atoms with E-state index in [9.17, 15) is 20.1 Å². The zero-order valence-electron chi connectivity index (χ0n) is 13.9. The van der Waals surface area contributed by atoms with Crippen LogP contribution in [0.4, 0.5) is 0 Å². The first-order valence-electron chi connectivity index (χ1n) is 8.61. The van der Waals surface area contributed by atoms with Crippen molar-refractivity contribution in [1.29, 1.82) is 0 Å². The first kappa shape index (κ1) is 21.3. The number of hydrogen-bond donors (Lipinski definition) is 5. The van der Waals surface area contributed by atoms with E-state index in [2.05, 4.69) is 0 Å². The minimum absolute atomic E-state index is 0.229. The predicted octanol–water partition coefficient (Wildman–Crippen LogP) is 0.00830. The summed E-state index contributed by atoms with van der Waals surface area (Å²) >= 11 is 0. The van der Waals surface area contributed by atoms with Crippen LogP contribution in [-0.4, -0.2) is 75.4 Å². The molecule has 1 aliphatic rings. The molecule has 0 aromatic heterocycles. The predicted molar refractivity (Wildman–Crippen MR) is 84.3 cm³/mol. The summed E-state index contributed by atoms with van der Waals surface area (Å²) in [4.78, 5) is 10.4. The number of aliphatic carboxylic acids is 1. The molecular weight excluding hydrogens is 320 g/mol. The number of ether oxygens (including phenoxy) is 2. The molecule has 0 aromatic carbocycles. The van der Waals surface area contributed by atoms with Crippen LogP contribution in [0.2, 0.25) is 0 Å². The third kappa shape index (κ3) is 7.42. The van der Waals surface area contributed by atoms with Crippen LogP contribution in [0.15, 0.2) is 0 Å². The Morgan fingerprint density at radius 3 is 2.04 bits per heavy atom. The molecule has 0 bridgehead atoms. The fourth-order valence-corrected chi connectivity index (χ4v) is 2.67. The lowest BCUT2D eigenvalue weighted by Crippen LogP contribution is -2.59. The Balaban J connectivity index is 2.05. The van der Waals surface area contributed by atoms with E-state index in [0.717, 1.165) is 44.9 Å². The lowest BCUT2D eigenvalue weighted by molar-refractivity contribution is -0.301. The molecule has 1 heterocycles. The zero-order valence-corrected chi connectivity index (χ0v) is 13.9. The van der Waals surface area contributed by atoms with Gasteiger partial charge in [-0.3, -0.25) is 4.79 Å². The second-order valence-electron chi connectivity index (χ2n) is 6.19. The van der Waals surface area contributed by atoms with Crippen LogP contribution in [0.25, 0.3) is 0 Å². The molecule has 1 rings (SSSR count). The van der Waals surface area contributed by atoms with Crippen LogP contribution < -0.4 is 0 Å². The highest BCUT2D eigenvalue weighted by molar-refractivity contribution is 5.66. The molecule has 0 radical (unpaired) electrons. The lowest BCUT2D eigenvalue weighted by Gasteiger charge is -2.39. The number of carboxylic acids is 1. The maximum atomic E-state index is 10.4. The van der Waals surface area contributed by atoms with Crippen molar-refractivity contribution in [3.8, 4) is 0 Å². The first-order chi connectivity index (χ1) is 11.5. The minimum atomic E-state index is -1.41. The Kier molecular flexibility index (Phi) is 10.4. The van der Waals surface area contributed by atoms with Gasteiger partial charge in [0.15, 0.2) is 6.29 Å². The molecule has 1 saturated heterocycles. The summed E-state index contributed by atoms with van der Waals surface area (Å²) in [5.74, 6) is -0.750. The first-order valence-corrected chi connectivity index (χ1v) is 8.61. The summed E-state index contributed by atoms with van der Waals surface area (Å²) < 4.78 is 10.6. The van der Waals surface area contributed by atoms with E-state index in [1.165, 1.54) is 0 Å². The van der Waals surface area contributed by atoms with E-state index < -0.39 is 43.3 Å². The van der Waals surface area contributed by atoms with Gasteiger partial charge in [-0.05, 0) is 12.8 Å². The third-order valence-corrected chi connectivity index (χ3v) is 4.17. The molecule has 8 nitrogen and oxygen atoms in total.